The Bertz CT molecular complexity index is 2960. The van der Waals surface area contributed by atoms with Crippen LogP contribution in [0.25, 0.3) is 32.3 Å². The summed E-state index contributed by atoms with van der Waals surface area (Å²) in [4.78, 5) is 78.8. The van der Waals surface area contributed by atoms with Crippen LogP contribution < -0.4 is 35.7 Å². The summed E-state index contributed by atoms with van der Waals surface area (Å²) in [6.07, 6.45) is 4.27. The van der Waals surface area contributed by atoms with Crippen LogP contribution in [0.3, 0.4) is 0 Å². The third kappa shape index (κ3) is 13.8. The van der Waals surface area contributed by atoms with Crippen molar-refractivity contribution in [1.82, 2.24) is 40.3 Å². The Morgan fingerprint density at radius 3 is 2.23 bits per heavy atom. The first-order valence-electron chi connectivity index (χ1n) is 25.7. The van der Waals surface area contributed by atoms with Crippen LogP contribution in [0, 0.1) is 12.3 Å². The van der Waals surface area contributed by atoms with Gasteiger partial charge in [0.1, 0.15) is 42.5 Å². The lowest BCUT2D eigenvalue weighted by atomic mass is 9.85. The smallest absolute Gasteiger partial charge is 0.259 e. The van der Waals surface area contributed by atoms with Crippen LogP contribution in [0.15, 0.2) is 65.3 Å². The van der Waals surface area contributed by atoms with Crippen LogP contribution in [0.1, 0.15) is 56.9 Å². The van der Waals surface area contributed by atoms with Gasteiger partial charge in [0.15, 0.2) is 5.67 Å². The Morgan fingerprint density at radius 2 is 1.58 bits per heavy atom. The number of aryl methyl sites for hydroxylation is 2. The number of nitrogens with one attached hydrogen (secondary N) is 3. The van der Waals surface area contributed by atoms with Crippen LogP contribution >= 0.6 is 11.3 Å². The number of aromatic nitrogens is 3. The van der Waals surface area contributed by atoms with Crippen molar-refractivity contribution in [2.45, 2.75) is 89.9 Å². The summed E-state index contributed by atoms with van der Waals surface area (Å²) < 4.78 is 51.1. The summed E-state index contributed by atoms with van der Waals surface area (Å²) in [5.74, 6) is -0.308. The van der Waals surface area contributed by atoms with Crippen molar-refractivity contribution in [2.75, 3.05) is 80.1 Å². The highest BCUT2D eigenvalue weighted by Crippen LogP contribution is 2.41. The maximum Gasteiger partial charge on any atom is 0.259 e. The minimum absolute atomic E-state index is 0.00156. The molecule has 2 aliphatic heterocycles. The van der Waals surface area contributed by atoms with E-state index >= 15 is 0 Å². The molecule has 0 bridgehead atoms. The van der Waals surface area contributed by atoms with Gasteiger partial charge in [-0.05, 0) is 66.0 Å². The fourth-order valence-corrected chi connectivity index (χ4v) is 10.3. The average Bonchev–Trinajstić information content (AvgIpc) is 3.82. The molecular weight excluding hydrogens is 1020 g/mol. The highest BCUT2D eigenvalue weighted by atomic mass is 32.1. The number of ether oxygens (including phenoxy) is 6. The molecular formula is C55H69FN8O12S. The van der Waals surface area contributed by atoms with Gasteiger partial charge < -0.3 is 58.9 Å². The van der Waals surface area contributed by atoms with Crippen molar-refractivity contribution in [2.24, 2.45) is 12.5 Å². The monoisotopic (exact) mass is 1080 g/mol. The normalized spacial score (nSPS) is 17.6. The molecule has 22 heteroatoms. The number of carbonyl (C=O) groups is 4. The van der Waals surface area contributed by atoms with Gasteiger partial charge >= 0.3 is 0 Å². The number of alkyl halides is 1. The standard InChI is InChI=1S/C55H69FN8O12S/c1-33-48(77-32-59-33)34-8-9-35(24-58-50(67)43-23-38(65)28-64(43)52(69)49(54(2,3)4)61-53(70)55(56)11-12-55)44(20-34)76-19-18-74-15-14-73-16-17-75-31-47(66)60-37-26-63(27-37)30-42-45(71-6)21-36(22-46(42)72-7)41-29-62(5)51(68)40-25-57-13-10-39(40)41/h8-10,13,20-22,25,29,32,37-38,43,49,65H,11-12,14-19,23-24,26-28,30-31H2,1-7H3,(H,58,67)(H,60,66)(H,61,70). The molecule has 4 N–H and O–H groups in total. The molecule has 3 fully saturated rings. The van der Waals surface area contributed by atoms with E-state index in [0.29, 0.717) is 54.4 Å². The minimum Gasteiger partial charge on any atom is -0.496 e. The first kappa shape index (κ1) is 56.6. The Morgan fingerprint density at radius 1 is 0.909 bits per heavy atom. The quantitative estimate of drug-likeness (QED) is 0.0603. The van der Waals surface area contributed by atoms with E-state index in [1.165, 1.54) is 16.2 Å². The number of likely N-dealkylation sites (tertiary alicyclic amines) is 2. The van der Waals surface area contributed by atoms with E-state index in [9.17, 15) is 33.5 Å². The molecule has 8 rings (SSSR count). The van der Waals surface area contributed by atoms with E-state index in [-0.39, 0.29) is 89.5 Å². The van der Waals surface area contributed by atoms with Gasteiger partial charge in [0.25, 0.3) is 11.5 Å². The summed E-state index contributed by atoms with van der Waals surface area (Å²) >= 11 is 1.49. The second kappa shape index (κ2) is 24.8. The molecule has 3 aliphatic rings. The van der Waals surface area contributed by atoms with Gasteiger partial charge in [0.2, 0.25) is 17.7 Å². The van der Waals surface area contributed by atoms with Crippen LogP contribution in [-0.2, 0) is 53.5 Å². The third-order valence-corrected chi connectivity index (χ3v) is 14.9. The van der Waals surface area contributed by atoms with Gasteiger partial charge in [0, 0.05) is 75.9 Å². The molecule has 77 heavy (non-hydrogen) atoms. The summed E-state index contributed by atoms with van der Waals surface area (Å²) in [5.41, 5.74) is 3.82. The van der Waals surface area contributed by atoms with Crippen molar-refractivity contribution in [3.63, 3.8) is 0 Å². The Labute approximate surface area is 450 Å². The molecule has 5 aromatic rings. The lowest BCUT2D eigenvalue weighted by Crippen LogP contribution is -2.59. The number of thiazole rings is 1. The molecule has 0 spiro atoms. The Balaban J connectivity index is 0.733. The predicted molar refractivity (Wildman–Crippen MR) is 285 cm³/mol. The van der Waals surface area contributed by atoms with Gasteiger partial charge in [-0.25, -0.2) is 9.37 Å². The molecule has 3 unspecified atom stereocenters. The number of methoxy groups -OCH3 is 2. The van der Waals surface area contributed by atoms with Gasteiger partial charge in [-0.3, -0.25) is 33.9 Å². The number of rotatable bonds is 25. The van der Waals surface area contributed by atoms with Crippen LogP contribution in [-0.4, -0.2) is 163 Å². The second-order valence-corrected chi connectivity index (χ2v) is 21.6. The zero-order valence-corrected chi connectivity index (χ0v) is 45.5. The number of nitrogens with zero attached hydrogens (tertiary/aromatic N) is 5. The summed E-state index contributed by atoms with van der Waals surface area (Å²) in [6, 6.07) is 9.20. The molecule has 20 nitrogen and oxygen atoms in total. The number of halogens is 1. The number of fused-ring (bicyclic) bond motifs is 1. The lowest BCUT2D eigenvalue weighted by molar-refractivity contribution is -0.145. The number of amides is 4. The SMILES string of the molecule is COc1cc(-c2cn(C)c(=O)c3cnccc23)cc(OC)c1CN1CC(NC(=O)COCCOCCOCCOc2cc(-c3scnc3C)ccc2CNC(=O)C2CC(O)CN2C(=O)C(NC(=O)C2(F)CC2)C(C)(C)C)C1. The van der Waals surface area contributed by atoms with Crippen LogP contribution in [0.4, 0.5) is 4.39 Å². The first-order valence-corrected chi connectivity index (χ1v) is 26.6. The van der Waals surface area contributed by atoms with Crippen molar-refractivity contribution in [1.29, 1.82) is 0 Å². The molecule has 3 aromatic heterocycles. The molecule has 414 valence electrons. The number of carbonyl (C=O) groups excluding carboxylic acids is 4. The molecule has 0 radical (unpaired) electrons. The topological polar surface area (TPSA) is 234 Å². The highest BCUT2D eigenvalue weighted by molar-refractivity contribution is 7.13. The summed E-state index contributed by atoms with van der Waals surface area (Å²) in [7, 11) is 4.94. The zero-order valence-electron chi connectivity index (χ0n) is 44.6. The molecule has 5 heterocycles. The maximum atomic E-state index is 14.6. The summed E-state index contributed by atoms with van der Waals surface area (Å²) in [5, 5.41) is 20.4. The van der Waals surface area contributed by atoms with Crippen molar-refractivity contribution in [3.8, 4) is 38.8 Å². The number of aliphatic hydroxyl groups excluding tert-OH is 1. The average molecular weight is 1090 g/mol. The zero-order chi connectivity index (χ0) is 55.0. The van der Waals surface area contributed by atoms with E-state index in [1.807, 2.05) is 43.3 Å². The van der Waals surface area contributed by atoms with Crippen molar-refractivity contribution in [3.05, 3.63) is 87.7 Å². The number of hydrogen-bond donors (Lipinski definition) is 4. The van der Waals surface area contributed by atoms with Crippen molar-refractivity contribution >= 4 is 45.7 Å². The number of benzene rings is 2. The predicted octanol–water partition coefficient (Wildman–Crippen LogP) is 4.09. The van der Waals surface area contributed by atoms with E-state index in [1.54, 1.807) is 70.7 Å². The van der Waals surface area contributed by atoms with Gasteiger partial charge in [0.05, 0.1) is 86.4 Å². The lowest BCUT2D eigenvalue weighted by Gasteiger charge is -2.40. The minimum atomic E-state index is -1.99. The fourth-order valence-electron chi connectivity index (χ4n) is 9.51. The number of aliphatic hydroxyl groups is 1. The Hall–Kier alpha value is -6.56. The molecule has 1 aliphatic carbocycles. The second-order valence-electron chi connectivity index (χ2n) is 20.8. The van der Waals surface area contributed by atoms with Gasteiger partial charge in [-0.1, -0.05) is 32.9 Å². The van der Waals surface area contributed by atoms with E-state index in [0.717, 1.165) is 38.2 Å². The molecule has 2 aromatic carbocycles. The molecule has 1 saturated carbocycles. The van der Waals surface area contributed by atoms with Gasteiger partial charge in [-0.15, -0.1) is 11.3 Å². The third-order valence-electron chi connectivity index (χ3n) is 13.9. The highest BCUT2D eigenvalue weighted by Gasteiger charge is 2.53. The van der Waals surface area contributed by atoms with Crippen LogP contribution in [0.5, 0.6) is 17.2 Å². The number of pyridine rings is 2. The maximum absolute atomic E-state index is 14.6. The molecule has 4 amide bonds. The Kier molecular flexibility index (Phi) is 18.3. The van der Waals surface area contributed by atoms with Crippen LogP contribution in [0.2, 0.25) is 0 Å². The first-order chi connectivity index (χ1) is 36.9. The summed E-state index contributed by atoms with van der Waals surface area (Å²) in [6.45, 7) is 10.3. The van der Waals surface area contributed by atoms with E-state index < -0.39 is 47.0 Å². The van der Waals surface area contributed by atoms with E-state index in [2.05, 4.69) is 30.8 Å². The number of β-amino-alcohol motifs (C(OH)–C–C–N with tert-alkyl or cyclic N) is 1. The van der Waals surface area contributed by atoms with Crippen molar-refractivity contribution < 1.29 is 57.1 Å². The molecule has 3 atom stereocenters. The van der Waals surface area contributed by atoms with E-state index in [4.69, 9.17) is 28.4 Å². The largest absolute Gasteiger partial charge is 0.496 e. The number of hydrogen-bond acceptors (Lipinski definition) is 16. The van der Waals surface area contributed by atoms with Gasteiger partial charge in [-0.2, -0.15) is 0 Å². The fraction of sp³-hybridized carbons (Fsp3) is 0.509. The molecule has 2 saturated heterocycles.